The summed E-state index contributed by atoms with van der Waals surface area (Å²) >= 11 is 6.44. The van der Waals surface area contributed by atoms with Gasteiger partial charge in [0.2, 0.25) is 0 Å². The van der Waals surface area contributed by atoms with Crippen LogP contribution in [0.25, 0.3) is 27.7 Å². The molecule has 0 saturated heterocycles. The van der Waals surface area contributed by atoms with E-state index in [0.29, 0.717) is 34.2 Å². The molecule has 0 radical (unpaired) electrons. The van der Waals surface area contributed by atoms with Crippen molar-refractivity contribution in [1.82, 2.24) is 4.57 Å². The molecule has 0 fully saturated rings. The number of rotatable bonds is 4. The first-order chi connectivity index (χ1) is 19.0. The molecule has 2 aliphatic heterocycles. The Morgan fingerprint density at radius 3 is 2.54 bits per heavy atom. The van der Waals surface area contributed by atoms with Gasteiger partial charge in [-0.15, -0.1) is 0 Å². The topological polar surface area (TPSA) is 96.9 Å². The maximum atomic E-state index is 10.7. The molecule has 0 aliphatic carbocycles. The molecule has 7 rings (SSSR count). The molecular weight excluding hydrogens is 513 g/mol. The van der Waals surface area contributed by atoms with Crippen LogP contribution in [0.2, 0.25) is 5.02 Å². The standard InChI is InChI=1S/C29H19B2ClN2O5/c32-19-4-9-27-23(11-19)24(14-34(27)20-5-3-18-15-37-30(35)26(18)12-20)22-8-10-28(29-25(22)16-38-31(29)36)39-21-6-1-17(13-33)2-7-21/h1-12,14,35-36H,15-16H2. The molecule has 2 aliphatic rings. The molecule has 0 unspecified atom stereocenters. The van der Waals surface area contributed by atoms with Gasteiger partial charge in [-0.1, -0.05) is 23.7 Å². The first-order valence-electron chi connectivity index (χ1n) is 12.4. The lowest BCUT2D eigenvalue weighted by Gasteiger charge is -2.13. The summed E-state index contributed by atoms with van der Waals surface area (Å²) in [5.41, 5.74) is 7.28. The van der Waals surface area contributed by atoms with Crippen molar-refractivity contribution in [3.8, 4) is 34.4 Å². The third-order valence-electron chi connectivity index (χ3n) is 7.29. The summed E-state index contributed by atoms with van der Waals surface area (Å²) in [7, 11) is -2.08. The lowest BCUT2D eigenvalue weighted by molar-refractivity contribution is 0.275. The minimum atomic E-state index is -1.14. The number of aromatic nitrogens is 1. The molecule has 5 aromatic rings. The van der Waals surface area contributed by atoms with Crippen molar-refractivity contribution in [2.24, 2.45) is 0 Å². The van der Waals surface area contributed by atoms with Crippen molar-refractivity contribution in [2.75, 3.05) is 0 Å². The summed E-state index contributed by atoms with van der Waals surface area (Å²) in [6, 6.07) is 24.3. The van der Waals surface area contributed by atoms with E-state index in [4.69, 9.17) is 30.9 Å². The van der Waals surface area contributed by atoms with Crippen LogP contribution in [0.3, 0.4) is 0 Å². The van der Waals surface area contributed by atoms with Gasteiger partial charge < -0.3 is 28.7 Å². The van der Waals surface area contributed by atoms with Gasteiger partial charge in [-0.2, -0.15) is 5.26 Å². The predicted octanol–water partition coefficient (Wildman–Crippen LogP) is 4.05. The monoisotopic (exact) mass is 532 g/mol. The predicted molar refractivity (Wildman–Crippen MR) is 150 cm³/mol. The van der Waals surface area contributed by atoms with Crippen LogP contribution in [0.5, 0.6) is 11.5 Å². The summed E-state index contributed by atoms with van der Waals surface area (Å²) in [5.74, 6) is 1.03. The molecule has 0 atom stereocenters. The Bertz CT molecular complexity index is 1820. The molecular formula is C29H19B2ClN2O5. The SMILES string of the molecule is N#Cc1ccc(Oc2ccc(-c3cn(-c4ccc5c(c4)B(O)OC5)c4ccc(Cl)cc34)c3c2B(O)OC3)cc1. The third-order valence-corrected chi connectivity index (χ3v) is 7.52. The molecule has 0 saturated carbocycles. The van der Waals surface area contributed by atoms with Gasteiger partial charge in [-0.05, 0) is 82.8 Å². The van der Waals surface area contributed by atoms with Gasteiger partial charge in [0.1, 0.15) is 11.5 Å². The average molecular weight is 533 g/mol. The van der Waals surface area contributed by atoms with E-state index >= 15 is 0 Å². The number of nitrogens with zero attached hydrogens (tertiary/aromatic N) is 2. The van der Waals surface area contributed by atoms with E-state index in [1.807, 2.05) is 54.7 Å². The van der Waals surface area contributed by atoms with Gasteiger partial charge in [-0.3, -0.25) is 0 Å². The number of hydrogen-bond acceptors (Lipinski definition) is 6. The Morgan fingerprint density at radius 2 is 1.72 bits per heavy atom. The highest BCUT2D eigenvalue weighted by Gasteiger charge is 2.34. The van der Waals surface area contributed by atoms with Crippen molar-refractivity contribution < 1.29 is 24.1 Å². The molecule has 10 heteroatoms. The fraction of sp³-hybridized carbons (Fsp3) is 0.0690. The highest BCUT2D eigenvalue weighted by molar-refractivity contribution is 6.63. The number of halogens is 1. The maximum Gasteiger partial charge on any atom is 0.495 e. The molecule has 0 spiro atoms. The molecule has 188 valence electrons. The van der Waals surface area contributed by atoms with Crippen molar-refractivity contribution >= 4 is 47.7 Å². The average Bonchev–Trinajstić information content (AvgIpc) is 3.64. The summed E-state index contributed by atoms with van der Waals surface area (Å²) in [6.45, 7) is 0.599. The van der Waals surface area contributed by atoms with E-state index in [2.05, 4.69) is 10.6 Å². The minimum absolute atomic E-state index is 0.214. The molecule has 7 nitrogen and oxygen atoms in total. The van der Waals surface area contributed by atoms with Gasteiger partial charge in [0, 0.05) is 33.3 Å². The second kappa shape index (κ2) is 9.31. The second-order valence-electron chi connectivity index (χ2n) is 9.53. The van der Waals surface area contributed by atoms with Gasteiger partial charge >= 0.3 is 14.2 Å². The van der Waals surface area contributed by atoms with Crippen LogP contribution < -0.4 is 15.7 Å². The number of hydrogen-bond donors (Lipinski definition) is 2. The molecule has 4 aromatic carbocycles. The maximum absolute atomic E-state index is 10.7. The molecule has 1 aromatic heterocycles. The number of benzene rings is 4. The Balaban J connectivity index is 1.37. The van der Waals surface area contributed by atoms with Gasteiger partial charge in [-0.25, -0.2) is 0 Å². The van der Waals surface area contributed by atoms with Crippen LogP contribution in [0.4, 0.5) is 0 Å². The molecule has 0 amide bonds. The largest absolute Gasteiger partial charge is 0.495 e. The third kappa shape index (κ3) is 4.02. The number of ether oxygens (including phenoxy) is 1. The van der Waals surface area contributed by atoms with Gasteiger partial charge in [0.25, 0.3) is 0 Å². The highest BCUT2D eigenvalue weighted by Crippen LogP contribution is 2.38. The van der Waals surface area contributed by atoms with Crippen molar-refractivity contribution in [1.29, 1.82) is 5.26 Å². The van der Waals surface area contributed by atoms with E-state index in [1.165, 1.54) is 0 Å². The summed E-state index contributed by atoms with van der Waals surface area (Å²) < 4.78 is 19.2. The fourth-order valence-corrected chi connectivity index (χ4v) is 5.54. The van der Waals surface area contributed by atoms with E-state index in [1.54, 1.807) is 24.3 Å². The van der Waals surface area contributed by atoms with E-state index in [-0.39, 0.29) is 6.61 Å². The number of nitriles is 1. The fourth-order valence-electron chi connectivity index (χ4n) is 5.36. The Kier molecular flexibility index (Phi) is 5.74. The van der Waals surface area contributed by atoms with E-state index < -0.39 is 14.2 Å². The highest BCUT2D eigenvalue weighted by atomic mass is 35.5. The summed E-state index contributed by atoms with van der Waals surface area (Å²) in [5, 5.41) is 31.6. The molecule has 3 heterocycles. The Hall–Kier alpha value is -4.03. The lowest BCUT2D eigenvalue weighted by Crippen LogP contribution is -2.29. The Labute approximate surface area is 229 Å². The number of fused-ring (bicyclic) bond motifs is 3. The Morgan fingerprint density at radius 1 is 0.897 bits per heavy atom. The van der Waals surface area contributed by atoms with Gasteiger partial charge in [0.15, 0.2) is 0 Å². The molecule has 2 N–H and O–H groups in total. The van der Waals surface area contributed by atoms with Crippen molar-refractivity contribution in [3.05, 3.63) is 101 Å². The summed E-state index contributed by atoms with van der Waals surface area (Å²) in [4.78, 5) is 0. The van der Waals surface area contributed by atoms with Crippen LogP contribution in [0.15, 0.2) is 79.0 Å². The first kappa shape index (κ1) is 24.0. The van der Waals surface area contributed by atoms with E-state index in [9.17, 15) is 10.0 Å². The van der Waals surface area contributed by atoms with Crippen LogP contribution in [0, 0.1) is 11.3 Å². The normalized spacial score (nSPS) is 14.0. The summed E-state index contributed by atoms with van der Waals surface area (Å²) in [6.07, 6.45) is 2.03. The van der Waals surface area contributed by atoms with Crippen LogP contribution >= 0.6 is 11.6 Å². The minimum Gasteiger partial charge on any atom is -0.458 e. The van der Waals surface area contributed by atoms with Crippen LogP contribution in [0.1, 0.15) is 16.7 Å². The second-order valence-corrected chi connectivity index (χ2v) is 9.96. The van der Waals surface area contributed by atoms with Crippen molar-refractivity contribution in [2.45, 2.75) is 13.2 Å². The quantitative estimate of drug-likeness (QED) is 0.339. The van der Waals surface area contributed by atoms with Crippen molar-refractivity contribution in [3.63, 3.8) is 0 Å². The molecule has 39 heavy (non-hydrogen) atoms. The van der Waals surface area contributed by atoms with Crippen LogP contribution in [-0.4, -0.2) is 28.9 Å². The zero-order valence-corrected chi connectivity index (χ0v) is 21.2. The van der Waals surface area contributed by atoms with E-state index in [0.717, 1.165) is 44.3 Å². The molecule has 0 bridgehead atoms. The van der Waals surface area contributed by atoms with Gasteiger partial charge in [0.05, 0.1) is 30.4 Å². The smallest absolute Gasteiger partial charge is 0.458 e. The lowest BCUT2D eigenvalue weighted by atomic mass is 9.77. The first-order valence-corrected chi connectivity index (χ1v) is 12.8. The van der Waals surface area contributed by atoms with Crippen LogP contribution in [-0.2, 0) is 22.5 Å². The zero-order valence-electron chi connectivity index (χ0n) is 20.5. The zero-order chi connectivity index (χ0) is 26.7.